The molecule has 1 atom stereocenters. The number of ether oxygens (including phenoxy) is 1. The van der Waals surface area contributed by atoms with Crippen LogP contribution in [0.4, 0.5) is 0 Å². The summed E-state index contributed by atoms with van der Waals surface area (Å²) < 4.78 is 13.0. The van der Waals surface area contributed by atoms with Gasteiger partial charge in [-0.15, -0.1) is 0 Å². The van der Waals surface area contributed by atoms with Gasteiger partial charge >= 0.3 is 0 Å². The number of imidazole rings is 1. The number of nitrogens with zero attached hydrogens (tertiary/aromatic N) is 5. The van der Waals surface area contributed by atoms with Gasteiger partial charge in [-0.25, -0.2) is 4.98 Å². The number of amides is 1. The van der Waals surface area contributed by atoms with Gasteiger partial charge in [-0.2, -0.15) is 4.98 Å². The predicted molar refractivity (Wildman–Crippen MR) is 87.6 cm³/mol. The fourth-order valence-corrected chi connectivity index (χ4v) is 3.14. The molecule has 4 rings (SSSR count). The minimum absolute atomic E-state index is 0.0119. The summed E-state index contributed by atoms with van der Waals surface area (Å²) in [5.74, 6) is 2.75. The maximum atomic E-state index is 12.5. The van der Waals surface area contributed by atoms with Gasteiger partial charge in [-0.05, 0) is 32.6 Å². The average Bonchev–Trinajstić information content (AvgIpc) is 3.24. The van der Waals surface area contributed by atoms with Crippen LogP contribution in [0.3, 0.4) is 0 Å². The van der Waals surface area contributed by atoms with Gasteiger partial charge in [0, 0.05) is 31.4 Å². The average molecular weight is 345 g/mol. The van der Waals surface area contributed by atoms with Crippen LogP contribution in [0.2, 0.25) is 0 Å². The Balaban J connectivity index is 1.28. The molecule has 1 saturated heterocycles. The van der Waals surface area contributed by atoms with Gasteiger partial charge in [0.1, 0.15) is 19.0 Å². The molecular formula is C17H23N5O3. The SMILES string of the molecule is Cc1nccn1CC(=O)N1CCCC(OCc2nc(C3CC3)no2)C1. The molecule has 1 amide bonds. The van der Waals surface area contributed by atoms with Crippen LogP contribution in [0.1, 0.15) is 49.1 Å². The van der Waals surface area contributed by atoms with Gasteiger partial charge in [-0.1, -0.05) is 5.16 Å². The van der Waals surface area contributed by atoms with E-state index in [-0.39, 0.29) is 12.0 Å². The number of likely N-dealkylation sites (tertiary alicyclic amines) is 1. The Hall–Kier alpha value is -2.22. The highest BCUT2D eigenvalue weighted by molar-refractivity contribution is 5.76. The van der Waals surface area contributed by atoms with Crippen molar-refractivity contribution >= 4 is 5.91 Å². The summed E-state index contributed by atoms with van der Waals surface area (Å²) >= 11 is 0. The molecule has 2 aromatic heterocycles. The molecular weight excluding hydrogens is 322 g/mol. The zero-order valence-electron chi connectivity index (χ0n) is 14.4. The van der Waals surface area contributed by atoms with Crippen molar-refractivity contribution in [1.29, 1.82) is 0 Å². The van der Waals surface area contributed by atoms with Crippen LogP contribution < -0.4 is 0 Å². The van der Waals surface area contributed by atoms with Crippen molar-refractivity contribution in [1.82, 2.24) is 24.6 Å². The van der Waals surface area contributed by atoms with E-state index in [9.17, 15) is 4.79 Å². The first-order chi connectivity index (χ1) is 12.2. The third kappa shape index (κ3) is 3.89. The van der Waals surface area contributed by atoms with Gasteiger partial charge in [0.2, 0.25) is 5.91 Å². The number of carbonyl (C=O) groups is 1. The van der Waals surface area contributed by atoms with Gasteiger partial charge < -0.3 is 18.7 Å². The van der Waals surface area contributed by atoms with Gasteiger partial charge in [0.15, 0.2) is 5.82 Å². The minimum Gasteiger partial charge on any atom is -0.367 e. The molecule has 0 aromatic carbocycles. The first-order valence-electron chi connectivity index (χ1n) is 8.88. The number of hydrogen-bond acceptors (Lipinski definition) is 6. The fraction of sp³-hybridized carbons (Fsp3) is 0.647. The zero-order valence-corrected chi connectivity index (χ0v) is 14.4. The Morgan fingerprint density at radius 1 is 1.40 bits per heavy atom. The molecule has 0 N–H and O–H groups in total. The van der Waals surface area contributed by atoms with E-state index in [2.05, 4.69) is 15.1 Å². The second kappa shape index (κ2) is 6.95. The fourth-order valence-electron chi connectivity index (χ4n) is 3.14. The van der Waals surface area contributed by atoms with Crippen LogP contribution >= 0.6 is 0 Å². The summed E-state index contributed by atoms with van der Waals surface area (Å²) in [6.45, 7) is 3.92. The highest BCUT2D eigenvalue weighted by Gasteiger charge is 2.29. The molecule has 2 fully saturated rings. The quantitative estimate of drug-likeness (QED) is 0.791. The second-order valence-electron chi connectivity index (χ2n) is 6.84. The summed E-state index contributed by atoms with van der Waals surface area (Å²) in [6, 6.07) is 0. The summed E-state index contributed by atoms with van der Waals surface area (Å²) in [5.41, 5.74) is 0. The van der Waals surface area contributed by atoms with Crippen molar-refractivity contribution in [2.75, 3.05) is 13.1 Å². The Labute approximate surface area is 146 Å². The largest absolute Gasteiger partial charge is 0.367 e. The molecule has 0 spiro atoms. The second-order valence-corrected chi connectivity index (χ2v) is 6.84. The van der Waals surface area contributed by atoms with Gasteiger partial charge in [0.05, 0.1) is 6.10 Å². The Morgan fingerprint density at radius 2 is 2.28 bits per heavy atom. The van der Waals surface area contributed by atoms with Crippen LogP contribution in [0.15, 0.2) is 16.9 Å². The van der Waals surface area contributed by atoms with E-state index in [0.717, 1.165) is 43.9 Å². The van der Waals surface area contributed by atoms with Crippen molar-refractivity contribution in [3.05, 3.63) is 29.9 Å². The molecule has 1 saturated carbocycles. The van der Waals surface area contributed by atoms with Crippen LogP contribution in [0, 0.1) is 6.92 Å². The molecule has 8 nitrogen and oxygen atoms in total. The molecule has 0 radical (unpaired) electrons. The van der Waals surface area contributed by atoms with Crippen molar-refractivity contribution in [3.8, 4) is 0 Å². The molecule has 1 aliphatic carbocycles. The molecule has 0 bridgehead atoms. The van der Waals surface area contributed by atoms with E-state index >= 15 is 0 Å². The Morgan fingerprint density at radius 3 is 3.04 bits per heavy atom. The van der Waals surface area contributed by atoms with Crippen LogP contribution in [0.5, 0.6) is 0 Å². The zero-order chi connectivity index (χ0) is 17.2. The molecule has 2 aliphatic rings. The number of aryl methyl sites for hydroxylation is 1. The summed E-state index contributed by atoms with van der Waals surface area (Å²) in [4.78, 5) is 22.9. The first kappa shape index (κ1) is 16.3. The third-order valence-electron chi connectivity index (χ3n) is 4.83. The predicted octanol–water partition coefficient (Wildman–Crippen LogP) is 1.66. The molecule has 8 heteroatoms. The number of rotatable bonds is 6. The molecule has 1 unspecified atom stereocenters. The summed E-state index contributed by atoms with van der Waals surface area (Å²) in [7, 11) is 0. The normalized spacial score (nSPS) is 20.8. The van der Waals surface area contributed by atoms with Gasteiger partial charge in [-0.3, -0.25) is 4.79 Å². The molecule has 2 aromatic rings. The van der Waals surface area contributed by atoms with Crippen molar-refractivity contribution in [2.45, 2.75) is 57.8 Å². The van der Waals surface area contributed by atoms with Crippen molar-refractivity contribution < 1.29 is 14.1 Å². The van der Waals surface area contributed by atoms with E-state index in [4.69, 9.17) is 9.26 Å². The highest BCUT2D eigenvalue weighted by atomic mass is 16.5. The maximum Gasteiger partial charge on any atom is 0.252 e. The van der Waals surface area contributed by atoms with Crippen LogP contribution in [0.25, 0.3) is 0 Å². The lowest BCUT2D eigenvalue weighted by Crippen LogP contribution is -2.44. The molecule has 1 aliphatic heterocycles. The lowest BCUT2D eigenvalue weighted by molar-refractivity contribution is -0.136. The van der Waals surface area contributed by atoms with E-state index in [1.165, 1.54) is 0 Å². The molecule has 25 heavy (non-hydrogen) atoms. The number of aromatic nitrogens is 4. The van der Waals surface area contributed by atoms with Crippen LogP contribution in [-0.2, 0) is 22.7 Å². The van der Waals surface area contributed by atoms with Crippen molar-refractivity contribution in [3.63, 3.8) is 0 Å². The lowest BCUT2D eigenvalue weighted by Gasteiger charge is -2.32. The number of piperidine rings is 1. The Bertz CT molecular complexity index is 736. The molecule has 3 heterocycles. The van der Waals surface area contributed by atoms with Crippen LogP contribution in [-0.4, -0.2) is 49.7 Å². The summed E-state index contributed by atoms with van der Waals surface area (Å²) in [6.07, 6.45) is 7.74. The number of hydrogen-bond donors (Lipinski definition) is 0. The highest BCUT2D eigenvalue weighted by Crippen LogP contribution is 2.38. The maximum absolute atomic E-state index is 12.5. The smallest absolute Gasteiger partial charge is 0.252 e. The lowest BCUT2D eigenvalue weighted by atomic mass is 10.1. The van der Waals surface area contributed by atoms with Gasteiger partial charge in [0.25, 0.3) is 5.89 Å². The van der Waals surface area contributed by atoms with E-state index in [1.54, 1.807) is 6.20 Å². The van der Waals surface area contributed by atoms with E-state index in [1.807, 2.05) is 22.6 Å². The first-order valence-corrected chi connectivity index (χ1v) is 8.88. The summed E-state index contributed by atoms with van der Waals surface area (Å²) in [5, 5.41) is 4.00. The topological polar surface area (TPSA) is 86.3 Å². The third-order valence-corrected chi connectivity index (χ3v) is 4.83. The standard InChI is InChI=1S/C17H23N5O3/c1-12-18-6-8-21(12)10-16(23)22-7-2-3-14(9-22)24-11-15-19-17(20-25-15)13-4-5-13/h6,8,13-14H,2-5,7,9-11H2,1H3. The van der Waals surface area contributed by atoms with E-state index < -0.39 is 0 Å². The molecule has 134 valence electrons. The minimum atomic E-state index is 0.0119. The van der Waals surface area contributed by atoms with Crippen molar-refractivity contribution in [2.24, 2.45) is 0 Å². The van der Waals surface area contributed by atoms with E-state index in [0.29, 0.717) is 31.5 Å². The number of carbonyl (C=O) groups excluding carboxylic acids is 1. The Kier molecular flexibility index (Phi) is 4.52. The monoisotopic (exact) mass is 345 g/mol.